The number of rotatable bonds is 8. The lowest BCUT2D eigenvalue weighted by atomic mass is 9.81. The van der Waals surface area contributed by atoms with Gasteiger partial charge in [0.05, 0.1) is 16.2 Å². The number of amides is 3. The number of hydrogen-bond donors (Lipinski definition) is 2. The summed E-state index contributed by atoms with van der Waals surface area (Å²) in [6.07, 6.45) is -2.18. The normalized spacial score (nSPS) is 23.7. The lowest BCUT2D eigenvalue weighted by Crippen LogP contribution is -2.53. The Kier molecular flexibility index (Phi) is 9.32. The molecule has 3 amide bonds. The third kappa shape index (κ3) is 7.40. The first-order valence-corrected chi connectivity index (χ1v) is 15.5. The summed E-state index contributed by atoms with van der Waals surface area (Å²) in [5.74, 6) is -0.712. The third-order valence-corrected chi connectivity index (χ3v) is 10.1. The molecule has 1 aliphatic carbocycles. The van der Waals surface area contributed by atoms with Gasteiger partial charge in [-0.25, -0.2) is 13.2 Å². The number of benzene rings is 2. The van der Waals surface area contributed by atoms with E-state index in [1.807, 2.05) is 7.05 Å². The van der Waals surface area contributed by atoms with Crippen molar-refractivity contribution in [1.29, 1.82) is 0 Å². The lowest BCUT2D eigenvalue weighted by Gasteiger charge is -2.44. The second kappa shape index (κ2) is 12.4. The monoisotopic (exact) mass is 594 g/mol. The van der Waals surface area contributed by atoms with E-state index in [9.17, 15) is 31.2 Å². The van der Waals surface area contributed by atoms with Crippen molar-refractivity contribution in [2.75, 3.05) is 24.7 Å². The Hall–Kier alpha value is -3.12. The lowest BCUT2D eigenvalue weighted by molar-refractivity contribution is -0.137. The fraction of sp³-hybridized carbons (Fsp3) is 0.517. The van der Waals surface area contributed by atoms with Crippen LogP contribution in [0.25, 0.3) is 0 Å². The average molecular weight is 595 g/mol. The van der Waals surface area contributed by atoms with E-state index < -0.39 is 33.6 Å². The first kappa shape index (κ1) is 30.8. The van der Waals surface area contributed by atoms with Gasteiger partial charge >= 0.3 is 12.2 Å². The van der Waals surface area contributed by atoms with Gasteiger partial charge in [0, 0.05) is 30.4 Å². The number of carbonyl (C=O) groups excluding carboxylic acids is 2. The van der Waals surface area contributed by atoms with Gasteiger partial charge in [-0.15, -0.1) is 0 Å². The standard InChI is InChI=1S/C29H37F3N4O4S/c1-19(2)35(3)23-12-13-26(20(16-23)18-41(39,40)24-10-5-4-6-11-24)36-15-14-25(27(36)37)34-28(38)33-22-9-7-8-21(17-22)29(30,31)32/h4-11,17,19-20,23,25-26H,12-16,18H2,1-3H3,(H2,33,34,38)/t20-,23+,25-,26-/m0/s1. The summed E-state index contributed by atoms with van der Waals surface area (Å²) in [5, 5.41) is 4.96. The van der Waals surface area contributed by atoms with Crippen LogP contribution in [0.4, 0.5) is 23.7 Å². The molecule has 12 heteroatoms. The number of anilines is 1. The zero-order valence-electron chi connectivity index (χ0n) is 23.4. The van der Waals surface area contributed by atoms with E-state index in [4.69, 9.17) is 0 Å². The van der Waals surface area contributed by atoms with Gasteiger partial charge in [-0.2, -0.15) is 13.2 Å². The molecular weight excluding hydrogens is 557 g/mol. The highest BCUT2D eigenvalue weighted by Gasteiger charge is 2.44. The Bertz CT molecular complexity index is 1340. The first-order valence-electron chi connectivity index (χ1n) is 13.8. The molecule has 2 N–H and O–H groups in total. The van der Waals surface area contributed by atoms with Crippen LogP contribution in [0.5, 0.6) is 0 Å². The summed E-state index contributed by atoms with van der Waals surface area (Å²) in [4.78, 5) is 30.2. The molecule has 0 unspecified atom stereocenters. The minimum Gasteiger partial charge on any atom is -0.338 e. The molecule has 0 aromatic heterocycles. The number of urea groups is 1. The second-order valence-electron chi connectivity index (χ2n) is 11.2. The largest absolute Gasteiger partial charge is 0.416 e. The molecule has 0 radical (unpaired) electrons. The number of hydrogen-bond acceptors (Lipinski definition) is 5. The molecule has 4 rings (SSSR count). The number of nitrogens with zero attached hydrogens (tertiary/aromatic N) is 2. The number of likely N-dealkylation sites (tertiary alicyclic amines) is 1. The van der Waals surface area contributed by atoms with Crippen LogP contribution in [-0.4, -0.2) is 73.7 Å². The van der Waals surface area contributed by atoms with Crippen LogP contribution in [0.1, 0.15) is 45.1 Å². The minimum absolute atomic E-state index is 0.0431. The van der Waals surface area contributed by atoms with E-state index in [-0.39, 0.29) is 46.3 Å². The molecule has 0 spiro atoms. The topological polar surface area (TPSA) is 98.8 Å². The number of halogens is 3. The fourth-order valence-electron chi connectivity index (χ4n) is 5.87. The van der Waals surface area contributed by atoms with Crippen molar-refractivity contribution in [2.45, 2.75) is 74.8 Å². The van der Waals surface area contributed by atoms with Crippen LogP contribution in [0, 0.1) is 5.92 Å². The SMILES string of the molecule is CC(C)N(C)[C@@H]1CC[C@H](N2CC[C@H](NC(=O)Nc3cccc(C(F)(F)F)c3)C2=O)[C@H](CS(=O)(=O)c2ccccc2)C1. The van der Waals surface area contributed by atoms with Crippen LogP contribution in [0.2, 0.25) is 0 Å². The zero-order valence-corrected chi connectivity index (χ0v) is 24.2. The van der Waals surface area contributed by atoms with Crippen molar-refractivity contribution >= 4 is 27.5 Å². The molecule has 4 atom stereocenters. The van der Waals surface area contributed by atoms with Crippen LogP contribution < -0.4 is 10.6 Å². The van der Waals surface area contributed by atoms with E-state index >= 15 is 0 Å². The Balaban J connectivity index is 1.46. The van der Waals surface area contributed by atoms with Crippen molar-refractivity contribution in [3.05, 3.63) is 60.2 Å². The quantitative estimate of drug-likeness (QED) is 0.459. The van der Waals surface area contributed by atoms with E-state index in [1.54, 1.807) is 35.2 Å². The van der Waals surface area contributed by atoms with E-state index in [1.165, 1.54) is 12.1 Å². The summed E-state index contributed by atoms with van der Waals surface area (Å²) in [6, 6.07) is 11.0. The number of alkyl halides is 3. The Morgan fingerprint density at radius 1 is 1.07 bits per heavy atom. The van der Waals surface area contributed by atoms with Crippen LogP contribution in [0.3, 0.4) is 0 Å². The molecule has 2 aromatic carbocycles. The molecule has 2 aliphatic rings. The summed E-state index contributed by atoms with van der Waals surface area (Å²) < 4.78 is 65.8. The van der Waals surface area contributed by atoms with Gasteiger partial charge in [-0.05, 0) is 82.8 Å². The maximum absolute atomic E-state index is 13.5. The molecule has 1 heterocycles. The van der Waals surface area contributed by atoms with Crippen molar-refractivity contribution in [1.82, 2.24) is 15.1 Å². The smallest absolute Gasteiger partial charge is 0.338 e. The second-order valence-corrected chi connectivity index (χ2v) is 13.2. The van der Waals surface area contributed by atoms with Crippen LogP contribution in [-0.2, 0) is 20.8 Å². The van der Waals surface area contributed by atoms with E-state index in [2.05, 4.69) is 29.4 Å². The fourth-order valence-corrected chi connectivity index (χ4v) is 7.56. The molecule has 2 aromatic rings. The molecule has 1 saturated carbocycles. The maximum atomic E-state index is 13.5. The highest BCUT2D eigenvalue weighted by atomic mass is 32.2. The Morgan fingerprint density at radius 3 is 2.44 bits per heavy atom. The molecule has 2 fully saturated rings. The number of nitrogens with one attached hydrogen (secondary N) is 2. The molecule has 0 bridgehead atoms. The van der Waals surface area contributed by atoms with Crippen LogP contribution >= 0.6 is 0 Å². The molecule has 1 saturated heterocycles. The third-order valence-electron chi connectivity index (χ3n) is 8.23. The number of carbonyl (C=O) groups is 2. The average Bonchev–Trinajstić information content (AvgIpc) is 3.27. The molecule has 8 nitrogen and oxygen atoms in total. The van der Waals surface area contributed by atoms with Crippen LogP contribution in [0.15, 0.2) is 59.5 Å². The van der Waals surface area contributed by atoms with Crippen molar-refractivity contribution < 1.29 is 31.2 Å². The van der Waals surface area contributed by atoms with Crippen molar-refractivity contribution in [2.24, 2.45) is 5.92 Å². The predicted molar refractivity (Wildman–Crippen MR) is 150 cm³/mol. The molecule has 41 heavy (non-hydrogen) atoms. The van der Waals surface area contributed by atoms with Crippen molar-refractivity contribution in [3.8, 4) is 0 Å². The summed E-state index contributed by atoms with van der Waals surface area (Å²) in [5.41, 5.74) is -0.938. The summed E-state index contributed by atoms with van der Waals surface area (Å²) >= 11 is 0. The van der Waals surface area contributed by atoms with Gasteiger partial charge in [-0.3, -0.25) is 4.79 Å². The number of sulfone groups is 1. The molecule has 224 valence electrons. The van der Waals surface area contributed by atoms with E-state index in [0.29, 0.717) is 25.8 Å². The summed E-state index contributed by atoms with van der Waals surface area (Å²) in [7, 11) is -1.58. The highest BCUT2D eigenvalue weighted by molar-refractivity contribution is 7.91. The molecular formula is C29H37F3N4O4S. The van der Waals surface area contributed by atoms with Gasteiger partial charge in [0.1, 0.15) is 6.04 Å². The van der Waals surface area contributed by atoms with Gasteiger partial charge in [0.2, 0.25) is 5.91 Å². The first-order chi connectivity index (χ1) is 19.3. The highest BCUT2D eigenvalue weighted by Crippen LogP contribution is 2.36. The Morgan fingerprint density at radius 2 is 1.78 bits per heavy atom. The maximum Gasteiger partial charge on any atom is 0.416 e. The zero-order chi connectivity index (χ0) is 29.9. The van der Waals surface area contributed by atoms with Gasteiger partial charge in [-0.1, -0.05) is 24.3 Å². The van der Waals surface area contributed by atoms with E-state index in [0.717, 1.165) is 18.6 Å². The van der Waals surface area contributed by atoms with Crippen molar-refractivity contribution in [3.63, 3.8) is 0 Å². The Labute approximate surface area is 239 Å². The predicted octanol–water partition coefficient (Wildman–Crippen LogP) is 4.78. The minimum atomic E-state index is -4.55. The molecule has 1 aliphatic heterocycles. The van der Waals surface area contributed by atoms with Gasteiger partial charge < -0.3 is 20.4 Å². The summed E-state index contributed by atoms with van der Waals surface area (Å²) in [6.45, 7) is 4.53. The van der Waals surface area contributed by atoms with Gasteiger partial charge in [0.25, 0.3) is 0 Å². The van der Waals surface area contributed by atoms with Gasteiger partial charge in [0.15, 0.2) is 9.84 Å².